The number of nitrogen functional groups attached to an aromatic ring is 1. The van der Waals surface area contributed by atoms with Crippen molar-refractivity contribution in [3.05, 3.63) is 29.1 Å². The minimum absolute atomic E-state index is 0.840. The summed E-state index contributed by atoms with van der Waals surface area (Å²) in [5.41, 5.74) is 12.2. The van der Waals surface area contributed by atoms with Crippen molar-refractivity contribution in [2.24, 2.45) is 5.92 Å². The highest BCUT2D eigenvalue weighted by Gasteiger charge is 2.18. The lowest BCUT2D eigenvalue weighted by Crippen LogP contribution is -2.33. The predicted octanol–water partition coefficient (Wildman–Crippen LogP) is 3.63. The van der Waals surface area contributed by atoms with Crippen molar-refractivity contribution < 1.29 is 0 Å². The Hall–Kier alpha value is -1.55. The second kappa shape index (κ2) is 5.21. The molecule has 0 unspecified atom stereocenters. The molecule has 19 heavy (non-hydrogen) atoms. The van der Waals surface area contributed by atoms with E-state index in [9.17, 15) is 0 Å². The van der Waals surface area contributed by atoms with E-state index < -0.39 is 0 Å². The standard InChI is InChI=1S/C15H19N3S/c1-11-4-6-18(7-5-11)15-3-2-12(8-13(15)16)14-9-19-10-17-14/h2-3,8-11H,4-7,16H2,1H3. The summed E-state index contributed by atoms with van der Waals surface area (Å²) in [4.78, 5) is 6.73. The topological polar surface area (TPSA) is 42.2 Å². The fourth-order valence-electron chi connectivity index (χ4n) is 2.61. The van der Waals surface area contributed by atoms with E-state index in [1.54, 1.807) is 11.3 Å². The highest BCUT2D eigenvalue weighted by atomic mass is 32.1. The molecule has 0 bridgehead atoms. The van der Waals surface area contributed by atoms with Gasteiger partial charge in [-0.2, -0.15) is 0 Å². The number of rotatable bonds is 2. The second-order valence-electron chi connectivity index (χ2n) is 5.32. The monoisotopic (exact) mass is 273 g/mol. The summed E-state index contributed by atoms with van der Waals surface area (Å²) in [6.07, 6.45) is 2.51. The van der Waals surface area contributed by atoms with Crippen molar-refractivity contribution in [3.63, 3.8) is 0 Å². The summed E-state index contributed by atoms with van der Waals surface area (Å²) < 4.78 is 0. The molecule has 1 saturated heterocycles. The van der Waals surface area contributed by atoms with Crippen molar-refractivity contribution in [2.75, 3.05) is 23.7 Å². The Balaban J connectivity index is 1.84. The largest absolute Gasteiger partial charge is 0.397 e. The normalized spacial score (nSPS) is 16.8. The fourth-order valence-corrected chi connectivity index (χ4v) is 3.17. The molecule has 0 saturated carbocycles. The van der Waals surface area contributed by atoms with Gasteiger partial charge in [-0.25, -0.2) is 4.98 Å². The number of anilines is 2. The van der Waals surface area contributed by atoms with Crippen LogP contribution in [0.5, 0.6) is 0 Å². The van der Waals surface area contributed by atoms with Crippen LogP contribution >= 0.6 is 11.3 Å². The third kappa shape index (κ3) is 2.59. The number of aromatic nitrogens is 1. The SMILES string of the molecule is CC1CCN(c2ccc(-c3cscn3)cc2N)CC1. The summed E-state index contributed by atoms with van der Waals surface area (Å²) >= 11 is 1.61. The van der Waals surface area contributed by atoms with Gasteiger partial charge in [0.05, 0.1) is 22.6 Å². The van der Waals surface area contributed by atoms with Crippen LogP contribution in [-0.2, 0) is 0 Å². The van der Waals surface area contributed by atoms with E-state index in [2.05, 4.69) is 34.3 Å². The highest BCUT2D eigenvalue weighted by molar-refractivity contribution is 7.07. The van der Waals surface area contributed by atoms with Crippen LogP contribution in [0.15, 0.2) is 29.1 Å². The van der Waals surface area contributed by atoms with Crippen LogP contribution in [0.2, 0.25) is 0 Å². The van der Waals surface area contributed by atoms with Gasteiger partial charge >= 0.3 is 0 Å². The Labute approximate surface area is 118 Å². The molecule has 0 amide bonds. The molecular weight excluding hydrogens is 254 g/mol. The van der Waals surface area contributed by atoms with Crippen LogP contribution in [0.4, 0.5) is 11.4 Å². The molecule has 2 aromatic rings. The first-order valence-electron chi connectivity index (χ1n) is 6.77. The van der Waals surface area contributed by atoms with E-state index in [4.69, 9.17) is 5.73 Å². The van der Waals surface area contributed by atoms with Crippen LogP contribution in [0.1, 0.15) is 19.8 Å². The number of thiazole rings is 1. The number of piperidine rings is 1. The Morgan fingerprint density at radius 3 is 2.74 bits per heavy atom. The van der Waals surface area contributed by atoms with Crippen molar-refractivity contribution in [3.8, 4) is 11.3 Å². The zero-order valence-electron chi connectivity index (χ0n) is 11.2. The Morgan fingerprint density at radius 2 is 2.11 bits per heavy atom. The van der Waals surface area contributed by atoms with Gasteiger partial charge in [0.2, 0.25) is 0 Å². The van der Waals surface area contributed by atoms with Crippen molar-refractivity contribution in [2.45, 2.75) is 19.8 Å². The van der Waals surface area contributed by atoms with Crippen LogP contribution in [0.3, 0.4) is 0 Å². The summed E-state index contributed by atoms with van der Waals surface area (Å²) in [5, 5.41) is 2.05. The maximum absolute atomic E-state index is 6.23. The molecule has 0 spiro atoms. The molecule has 0 atom stereocenters. The summed E-state index contributed by atoms with van der Waals surface area (Å²) in [6, 6.07) is 6.31. The Kier molecular flexibility index (Phi) is 3.42. The van der Waals surface area contributed by atoms with Crippen molar-refractivity contribution >= 4 is 22.7 Å². The average molecular weight is 273 g/mol. The van der Waals surface area contributed by atoms with Gasteiger partial charge in [-0.3, -0.25) is 0 Å². The van der Waals surface area contributed by atoms with Gasteiger partial charge < -0.3 is 10.6 Å². The predicted molar refractivity (Wildman–Crippen MR) is 82.6 cm³/mol. The molecule has 0 aliphatic carbocycles. The van der Waals surface area contributed by atoms with Crippen LogP contribution in [-0.4, -0.2) is 18.1 Å². The Bertz CT molecular complexity index is 543. The zero-order chi connectivity index (χ0) is 13.2. The number of hydrogen-bond acceptors (Lipinski definition) is 4. The van der Waals surface area contributed by atoms with Gasteiger partial charge in [0, 0.05) is 24.0 Å². The first-order chi connectivity index (χ1) is 9.24. The second-order valence-corrected chi connectivity index (χ2v) is 6.04. The molecule has 100 valence electrons. The molecule has 1 aliphatic rings. The summed E-state index contributed by atoms with van der Waals surface area (Å²) in [7, 11) is 0. The first kappa shape index (κ1) is 12.5. The summed E-state index contributed by atoms with van der Waals surface area (Å²) in [6.45, 7) is 4.55. The van der Waals surface area contributed by atoms with Gasteiger partial charge in [0.25, 0.3) is 0 Å². The molecule has 2 N–H and O–H groups in total. The van der Waals surface area contributed by atoms with Crippen molar-refractivity contribution in [1.82, 2.24) is 4.98 Å². The van der Waals surface area contributed by atoms with Gasteiger partial charge in [-0.1, -0.05) is 13.0 Å². The van der Waals surface area contributed by atoms with Crippen LogP contribution in [0.25, 0.3) is 11.3 Å². The lowest BCUT2D eigenvalue weighted by molar-refractivity contribution is 0.439. The minimum atomic E-state index is 0.840. The molecule has 1 aromatic carbocycles. The van der Waals surface area contributed by atoms with Gasteiger partial charge in [0.15, 0.2) is 0 Å². The third-order valence-corrected chi connectivity index (χ3v) is 4.47. The van der Waals surface area contributed by atoms with Crippen LogP contribution < -0.4 is 10.6 Å². The molecule has 3 rings (SSSR count). The van der Waals surface area contributed by atoms with Gasteiger partial charge in [-0.05, 0) is 30.9 Å². The number of benzene rings is 1. The molecule has 1 fully saturated rings. The highest BCUT2D eigenvalue weighted by Crippen LogP contribution is 2.31. The number of hydrogen-bond donors (Lipinski definition) is 1. The maximum Gasteiger partial charge on any atom is 0.0811 e. The number of nitrogens with two attached hydrogens (primary N) is 1. The van der Waals surface area contributed by atoms with E-state index >= 15 is 0 Å². The van der Waals surface area contributed by atoms with E-state index in [-0.39, 0.29) is 0 Å². The van der Waals surface area contributed by atoms with Gasteiger partial charge in [-0.15, -0.1) is 11.3 Å². The molecule has 1 aliphatic heterocycles. The number of nitrogens with zero attached hydrogens (tertiary/aromatic N) is 2. The molecular formula is C15H19N3S. The summed E-state index contributed by atoms with van der Waals surface area (Å²) in [5.74, 6) is 0.840. The minimum Gasteiger partial charge on any atom is -0.397 e. The van der Waals surface area contributed by atoms with Crippen molar-refractivity contribution in [1.29, 1.82) is 0 Å². The van der Waals surface area contributed by atoms with E-state index in [1.165, 1.54) is 18.5 Å². The smallest absolute Gasteiger partial charge is 0.0811 e. The quantitative estimate of drug-likeness (QED) is 0.850. The van der Waals surface area contributed by atoms with E-state index in [0.29, 0.717) is 0 Å². The molecule has 1 aromatic heterocycles. The molecule has 4 heteroatoms. The molecule has 3 nitrogen and oxygen atoms in total. The average Bonchev–Trinajstić information content (AvgIpc) is 2.94. The lowest BCUT2D eigenvalue weighted by Gasteiger charge is -2.33. The van der Waals surface area contributed by atoms with E-state index in [0.717, 1.165) is 36.0 Å². The maximum atomic E-state index is 6.23. The molecule has 0 radical (unpaired) electrons. The zero-order valence-corrected chi connectivity index (χ0v) is 12.0. The van der Waals surface area contributed by atoms with Gasteiger partial charge in [0.1, 0.15) is 0 Å². The fraction of sp³-hybridized carbons (Fsp3) is 0.400. The first-order valence-corrected chi connectivity index (χ1v) is 7.71. The third-order valence-electron chi connectivity index (χ3n) is 3.88. The van der Waals surface area contributed by atoms with E-state index in [1.807, 2.05) is 11.6 Å². The molecule has 2 heterocycles. The lowest BCUT2D eigenvalue weighted by atomic mass is 9.98. The van der Waals surface area contributed by atoms with Crippen LogP contribution in [0, 0.1) is 5.92 Å². The Morgan fingerprint density at radius 1 is 1.32 bits per heavy atom.